The van der Waals surface area contributed by atoms with Gasteiger partial charge in [0.25, 0.3) is 0 Å². The van der Waals surface area contributed by atoms with Crippen LogP contribution in [-0.2, 0) is 0 Å². The third-order valence-electron chi connectivity index (χ3n) is 1.97. The van der Waals surface area contributed by atoms with Crippen LogP contribution in [-0.4, -0.2) is 0 Å². The highest BCUT2D eigenvalue weighted by atomic mass is 14.0. The Bertz CT molecular complexity index is 282. The molecule has 0 radical (unpaired) electrons. The molecule has 0 aromatic heterocycles. The molecule has 0 fully saturated rings. The molecule has 64 valence electrons. The third kappa shape index (κ3) is 2.23. The van der Waals surface area contributed by atoms with Crippen molar-refractivity contribution in [3.8, 4) is 0 Å². The molecule has 1 aromatic rings. The van der Waals surface area contributed by atoms with Crippen molar-refractivity contribution < 1.29 is 0 Å². The summed E-state index contributed by atoms with van der Waals surface area (Å²) in [5, 5.41) is 0. The molecule has 0 aliphatic heterocycles. The first kappa shape index (κ1) is 9.05. The fraction of sp³-hybridized carbons (Fsp3) is 0.333. The summed E-state index contributed by atoms with van der Waals surface area (Å²) < 4.78 is 0. The maximum atomic E-state index is 2.22. The van der Waals surface area contributed by atoms with Gasteiger partial charge in [-0.3, -0.25) is 0 Å². The number of hydrogen-bond acceptors (Lipinski definition) is 0. The van der Waals surface area contributed by atoms with Gasteiger partial charge in [-0.1, -0.05) is 42.8 Å². The second-order valence-electron chi connectivity index (χ2n) is 3.17. The van der Waals surface area contributed by atoms with Crippen LogP contribution in [0.25, 0.3) is 6.08 Å². The zero-order valence-electron chi connectivity index (χ0n) is 8.09. The lowest BCUT2D eigenvalue weighted by atomic mass is 10.1. The first-order valence-electron chi connectivity index (χ1n) is 4.48. The lowest BCUT2D eigenvalue weighted by Gasteiger charge is -2.00. The molecule has 0 aliphatic carbocycles. The van der Waals surface area contributed by atoms with Crippen molar-refractivity contribution in [1.82, 2.24) is 0 Å². The smallest absolute Gasteiger partial charge is 0.0228 e. The summed E-state index contributed by atoms with van der Waals surface area (Å²) >= 11 is 0. The minimum atomic E-state index is 1.10. The number of aryl methyl sites for hydroxylation is 2. The molecule has 0 heteroatoms. The molecule has 0 bridgehead atoms. The highest BCUT2D eigenvalue weighted by Crippen LogP contribution is 2.12. The Morgan fingerprint density at radius 3 is 2.67 bits per heavy atom. The zero-order valence-corrected chi connectivity index (χ0v) is 8.09. The summed E-state index contributed by atoms with van der Waals surface area (Å²) in [5.74, 6) is 0. The van der Waals surface area contributed by atoms with Crippen LogP contribution in [0.3, 0.4) is 0 Å². The van der Waals surface area contributed by atoms with Gasteiger partial charge in [0.05, 0.1) is 0 Å². The van der Waals surface area contributed by atoms with Crippen LogP contribution in [0, 0.1) is 13.8 Å². The van der Waals surface area contributed by atoms with Gasteiger partial charge in [-0.05, 0) is 31.4 Å². The first-order valence-corrected chi connectivity index (χ1v) is 4.48. The summed E-state index contributed by atoms with van der Waals surface area (Å²) in [4.78, 5) is 0. The molecule has 0 nitrogen and oxygen atoms in total. The lowest BCUT2D eigenvalue weighted by molar-refractivity contribution is 1.23. The van der Waals surface area contributed by atoms with Crippen molar-refractivity contribution in [2.75, 3.05) is 0 Å². The molecular formula is C12H16. The van der Waals surface area contributed by atoms with Gasteiger partial charge in [-0.2, -0.15) is 0 Å². The van der Waals surface area contributed by atoms with Crippen molar-refractivity contribution in [2.24, 2.45) is 0 Å². The van der Waals surface area contributed by atoms with Crippen LogP contribution in [0.4, 0.5) is 0 Å². The van der Waals surface area contributed by atoms with E-state index in [-0.39, 0.29) is 0 Å². The van der Waals surface area contributed by atoms with E-state index < -0.39 is 0 Å². The highest BCUT2D eigenvalue weighted by Gasteiger charge is 1.92. The molecule has 0 saturated carbocycles. The van der Waals surface area contributed by atoms with Gasteiger partial charge in [-0.15, -0.1) is 0 Å². The Balaban J connectivity index is 2.97. The maximum absolute atomic E-state index is 2.22. The van der Waals surface area contributed by atoms with Crippen molar-refractivity contribution in [3.63, 3.8) is 0 Å². The van der Waals surface area contributed by atoms with E-state index in [0.717, 1.165) is 6.42 Å². The standard InChI is InChI=1S/C12H16/c1-4-5-6-12-9-10(2)7-8-11(12)3/h5-9H,4H2,1-3H3/b6-5+. The number of allylic oxidation sites excluding steroid dienone is 1. The minimum absolute atomic E-state index is 1.10. The average molecular weight is 160 g/mol. The van der Waals surface area contributed by atoms with E-state index in [4.69, 9.17) is 0 Å². The van der Waals surface area contributed by atoms with E-state index in [9.17, 15) is 0 Å². The van der Waals surface area contributed by atoms with Crippen molar-refractivity contribution in [3.05, 3.63) is 41.0 Å². The SMILES string of the molecule is CC/C=C/c1cc(C)ccc1C. The van der Waals surface area contributed by atoms with E-state index in [1.54, 1.807) is 0 Å². The number of hydrogen-bond donors (Lipinski definition) is 0. The second-order valence-corrected chi connectivity index (χ2v) is 3.17. The van der Waals surface area contributed by atoms with E-state index >= 15 is 0 Å². The maximum Gasteiger partial charge on any atom is -0.0228 e. The van der Waals surface area contributed by atoms with Crippen molar-refractivity contribution in [2.45, 2.75) is 27.2 Å². The van der Waals surface area contributed by atoms with Crippen LogP contribution in [0.15, 0.2) is 24.3 Å². The highest BCUT2D eigenvalue weighted by molar-refractivity contribution is 5.54. The summed E-state index contributed by atoms with van der Waals surface area (Å²) in [6.07, 6.45) is 5.50. The molecule has 0 N–H and O–H groups in total. The summed E-state index contributed by atoms with van der Waals surface area (Å²) in [6.45, 7) is 6.43. The summed E-state index contributed by atoms with van der Waals surface area (Å²) in [6, 6.07) is 6.55. The minimum Gasteiger partial charge on any atom is -0.0842 e. The monoisotopic (exact) mass is 160 g/mol. The molecule has 1 aromatic carbocycles. The fourth-order valence-corrected chi connectivity index (χ4v) is 1.18. The van der Waals surface area contributed by atoms with Crippen molar-refractivity contribution in [1.29, 1.82) is 0 Å². The van der Waals surface area contributed by atoms with E-state index in [2.05, 4.69) is 51.1 Å². The largest absolute Gasteiger partial charge is 0.0842 e. The van der Waals surface area contributed by atoms with Gasteiger partial charge in [0.2, 0.25) is 0 Å². The van der Waals surface area contributed by atoms with E-state index in [1.807, 2.05) is 0 Å². The van der Waals surface area contributed by atoms with Crippen LogP contribution in [0.1, 0.15) is 30.0 Å². The quantitative estimate of drug-likeness (QED) is 0.618. The van der Waals surface area contributed by atoms with Gasteiger partial charge >= 0.3 is 0 Å². The third-order valence-corrected chi connectivity index (χ3v) is 1.97. The molecule has 0 amide bonds. The molecule has 0 heterocycles. The zero-order chi connectivity index (χ0) is 8.97. The van der Waals surface area contributed by atoms with E-state index in [1.165, 1.54) is 16.7 Å². The van der Waals surface area contributed by atoms with Crippen molar-refractivity contribution >= 4 is 6.08 Å². The van der Waals surface area contributed by atoms with Gasteiger partial charge in [0.1, 0.15) is 0 Å². The first-order chi connectivity index (χ1) is 5.74. The van der Waals surface area contributed by atoms with Gasteiger partial charge < -0.3 is 0 Å². The fourth-order valence-electron chi connectivity index (χ4n) is 1.18. The summed E-state index contributed by atoms with van der Waals surface area (Å²) in [7, 11) is 0. The molecule has 1 rings (SSSR count). The molecule has 0 saturated heterocycles. The normalized spacial score (nSPS) is 10.9. The Labute approximate surface area is 74.9 Å². The molecule has 0 aliphatic rings. The van der Waals surface area contributed by atoms with Crippen LogP contribution < -0.4 is 0 Å². The predicted molar refractivity (Wildman–Crippen MR) is 55.2 cm³/mol. The molecule has 0 unspecified atom stereocenters. The van der Waals surface area contributed by atoms with Gasteiger partial charge in [0.15, 0.2) is 0 Å². The van der Waals surface area contributed by atoms with Crippen LogP contribution in [0.2, 0.25) is 0 Å². The molecule has 0 spiro atoms. The number of benzene rings is 1. The predicted octanol–water partition coefficient (Wildman–Crippen LogP) is 3.73. The Morgan fingerprint density at radius 2 is 2.00 bits per heavy atom. The van der Waals surface area contributed by atoms with Crippen LogP contribution >= 0.6 is 0 Å². The summed E-state index contributed by atoms with van der Waals surface area (Å²) in [5.41, 5.74) is 4.03. The molecular weight excluding hydrogens is 144 g/mol. The lowest BCUT2D eigenvalue weighted by Crippen LogP contribution is -1.81. The molecule has 0 atom stereocenters. The van der Waals surface area contributed by atoms with E-state index in [0.29, 0.717) is 0 Å². The number of rotatable bonds is 2. The topological polar surface area (TPSA) is 0 Å². The second kappa shape index (κ2) is 4.10. The van der Waals surface area contributed by atoms with Gasteiger partial charge in [0, 0.05) is 0 Å². The Morgan fingerprint density at radius 1 is 1.25 bits per heavy atom. The average Bonchev–Trinajstić information content (AvgIpc) is 2.07. The Kier molecular flexibility index (Phi) is 3.09. The Hall–Kier alpha value is -1.04. The molecule has 12 heavy (non-hydrogen) atoms. The van der Waals surface area contributed by atoms with Crippen LogP contribution in [0.5, 0.6) is 0 Å². The van der Waals surface area contributed by atoms with Gasteiger partial charge in [-0.25, -0.2) is 0 Å².